The molecule has 5 rings (SSSR count). The molecule has 1 aliphatic heterocycles. The smallest absolute Gasteiger partial charge is 0.407 e. The number of rotatable bonds is 10. The van der Waals surface area contributed by atoms with Crippen molar-refractivity contribution in [3.8, 4) is 11.1 Å². The quantitative estimate of drug-likeness (QED) is 0.348. The molecule has 3 aromatic carbocycles. The Hall–Kier alpha value is -4.17. The van der Waals surface area contributed by atoms with Crippen molar-refractivity contribution in [3.63, 3.8) is 0 Å². The van der Waals surface area contributed by atoms with Crippen molar-refractivity contribution in [1.29, 1.82) is 0 Å². The summed E-state index contributed by atoms with van der Waals surface area (Å²) in [7, 11) is 0. The summed E-state index contributed by atoms with van der Waals surface area (Å²) in [4.78, 5) is 39.7. The van der Waals surface area contributed by atoms with E-state index < -0.39 is 30.4 Å². The van der Waals surface area contributed by atoms with E-state index in [1.165, 1.54) is 5.56 Å². The van der Waals surface area contributed by atoms with Gasteiger partial charge in [0.25, 0.3) is 0 Å². The molecule has 1 fully saturated rings. The number of likely N-dealkylation sites (tertiary alicyclic amines) is 1. The number of alkyl carbamates (subject to hydrolysis) is 1. The zero-order valence-corrected chi connectivity index (χ0v) is 22.4. The number of piperidine rings is 1. The summed E-state index contributed by atoms with van der Waals surface area (Å²) in [6.45, 7) is 2.19. The SMILES string of the molecule is O=C(O)CC(NC(=O)OCC1c2ccccc2-c2ccccc21)C(=O)NCC1CCCCN1Cc1ccccc1. The van der Waals surface area contributed by atoms with Gasteiger partial charge in [-0.15, -0.1) is 0 Å². The predicted molar refractivity (Wildman–Crippen MR) is 152 cm³/mol. The van der Waals surface area contributed by atoms with E-state index in [0.29, 0.717) is 6.54 Å². The van der Waals surface area contributed by atoms with Crippen LogP contribution in [0.25, 0.3) is 11.1 Å². The first-order valence-corrected chi connectivity index (χ1v) is 13.9. The van der Waals surface area contributed by atoms with Crippen molar-refractivity contribution >= 4 is 18.0 Å². The van der Waals surface area contributed by atoms with Crippen LogP contribution in [0.5, 0.6) is 0 Å². The summed E-state index contributed by atoms with van der Waals surface area (Å²) in [5.41, 5.74) is 5.58. The lowest BCUT2D eigenvalue weighted by Gasteiger charge is -2.36. The summed E-state index contributed by atoms with van der Waals surface area (Å²) in [6.07, 6.45) is 1.77. The molecule has 1 heterocycles. The van der Waals surface area contributed by atoms with E-state index in [1.54, 1.807) is 0 Å². The molecule has 0 spiro atoms. The summed E-state index contributed by atoms with van der Waals surface area (Å²) in [6, 6.07) is 25.1. The van der Waals surface area contributed by atoms with Gasteiger partial charge in [-0.05, 0) is 47.2 Å². The fourth-order valence-electron chi connectivity index (χ4n) is 5.83. The second kappa shape index (κ2) is 12.8. The molecule has 2 amide bonds. The van der Waals surface area contributed by atoms with E-state index in [0.717, 1.165) is 54.6 Å². The van der Waals surface area contributed by atoms with Crippen LogP contribution in [0.3, 0.4) is 0 Å². The van der Waals surface area contributed by atoms with Gasteiger partial charge in [0.05, 0.1) is 6.42 Å². The fourth-order valence-corrected chi connectivity index (χ4v) is 5.83. The van der Waals surface area contributed by atoms with Crippen molar-refractivity contribution in [1.82, 2.24) is 15.5 Å². The van der Waals surface area contributed by atoms with Crippen molar-refractivity contribution in [2.75, 3.05) is 19.7 Å². The summed E-state index contributed by atoms with van der Waals surface area (Å²) >= 11 is 0. The lowest BCUT2D eigenvalue weighted by atomic mass is 9.98. The number of carbonyl (C=O) groups is 3. The number of benzene rings is 3. The lowest BCUT2D eigenvalue weighted by molar-refractivity contribution is -0.139. The van der Waals surface area contributed by atoms with Crippen LogP contribution in [0.2, 0.25) is 0 Å². The van der Waals surface area contributed by atoms with E-state index in [-0.39, 0.29) is 18.6 Å². The summed E-state index contributed by atoms with van der Waals surface area (Å²) in [5.74, 6) is -1.84. The van der Waals surface area contributed by atoms with E-state index in [1.807, 2.05) is 54.6 Å². The van der Waals surface area contributed by atoms with Crippen LogP contribution < -0.4 is 10.6 Å². The van der Waals surface area contributed by atoms with Gasteiger partial charge in [-0.25, -0.2) is 4.79 Å². The first-order valence-electron chi connectivity index (χ1n) is 13.9. The number of carboxylic acid groups (broad SMARTS) is 1. The highest BCUT2D eigenvalue weighted by molar-refractivity contribution is 5.89. The number of fused-ring (bicyclic) bond motifs is 3. The Kier molecular flexibility index (Phi) is 8.76. The van der Waals surface area contributed by atoms with Crippen LogP contribution in [0.15, 0.2) is 78.9 Å². The Morgan fingerprint density at radius 2 is 1.55 bits per heavy atom. The van der Waals surface area contributed by atoms with Gasteiger partial charge < -0.3 is 20.5 Å². The van der Waals surface area contributed by atoms with Gasteiger partial charge in [0.2, 0.25) is 5.91 Å². The maximum absolute atomic E-state index is 13.0. The van der Waals surface area contributed by atoms with Crippen molar-refractivity contribution < 1.29 is 24.2 Å². The van der Waals surface area contributed by atoms with Gasteiger partial charge in [0, 0.05) is 25.0 Å². The molecule has 0 saturated carbocycles. The topological polar surface area (TPSA) is 108 Å². The first kappa shape index (κ1) is 27.4. The van der Waals surface area contributed by atoms with Gasteiger partial charge in [-0.3, -0.25) is 14.5 Å². The lowest BCUT2D eigenvalue weighted by Crippen LogP contribution is -2.52. The Balaban J connectivity index is 1.18. The van der Waals surface area contributed by atoms with Crippen LogP contribution in [-0.2, 0) is 20.9 Å². The van der Waals surface area contributed by atoms with Crippen LogP contribution in [0.4, 0.5) is 4.79 Å². The second-order valence-corrected chi connectivity index (χ2v) is 10.5. The Bertz CT molecular complexity index is 1300. The minimum Gasteiger partial charge on any atom is -0.481 e. The zero-order valence-electron chi connectivity index (χ0n) is 22.4. The number of aliphatic carboxylic acids is 1. The molecule has 40 heavy (non-hydrogen) atoms. The van der Waals surface area contributed by atoms with Crippen molar-refractivity contribution in [3.05, 3.63) is 95.6 Å². The number of amides is 2. The number of carbonyl (C=O) groups excluding carboxylic acids is 2. The Labute approximate surface area is 234 Å². The summed E-state index contributed by atoms with van der Waals surface area (Å²) < 4.78 is 5.55. The Morgan fingerprint density at radius 3 is 2.23 bits per heavy atom. The highest BCUT2D eigenvalue weighted by Gasteiger charge is 2.31. The second-order valence-electron chi connectivity index (χ2n) is 10.5. The molecule has 3 aromatic rings. The van der Waals surface area contributed by atoms with E-state index in [4.69, 9.17) is 4.74 Å². The van der Waals surface area contributed by atoms with E-state index >= 15 is 0 Å². The van der Waals surface area contributed by atoms with Gasteiger partial charge in [-0.2, -0.15) is 0 Å². The number of carboxylic acids is 1. The van der Waals surface area contributed by atoms with Crippen LogP contribution in [0, 0.1) is 0 Å². The highest BCUT2D eigenvalue weighted by atomic mass is 16.5. The minimum absolute atomic E-state index is 0.0811. The standard InChI is InChI=1S/C32H35N3O5/c36-30(37)18-29(31(38)33-19-23-12-8-9-17-35(23)20-22-10-2-1-3-11-22)34-32(39)40-21-28-26-15-6-4-13-24(26)25-14-5-7-16-27(25)28/h1-7,10-11,13-16,23,28-29H,8-9,12,17-21H2,(H,33,38)(H,34,39)(H,36,37). The first-order chi connectivity index (χ1) is 19.5. The number of hydrogen-bond acceptors (Lipinski definition) is 5. The third-order valence-electron chi connectivity index (χ3n) is 7.82. The monoisotopic (exact) mass is 541 g/mol. The van der Waals surface area contributed by atoms with E-state index in [9.17, 15) is 19.5 Å². The maximum atomic E-state index is 13.0. The van der Waals surface area contributed by atoms with Gasteiger partial charge in [0.15, 0.2) is 0 Å². The van der Waals surface area contributed by atoms with Crippen LogP contribution in [0.1, 0.15) is 48.3 Å². The largest absolute Gasteiger partial charge is 0.481 e. The molecule has 208 valence electrons. The third kappa shape index (κ3) is 6.51. The highest BCUT2D eigenvalue weighted by Crippen LogP contribution is 2.44. The molecular formula is C32H35N3O5. The average Bonchev–Trinajstić information content (AvgIpc) is 3.29. The van der Waals surface area contributed by atoms with Gasteiger partial charge in [-0.1, -0.05) is 85.3 Å². The number of nitrogens with zero attached hydrogens (tertiary/aromatic N) is 1. The molecule has 2 unspecified atom stereocenters. The predicted octanol–water partition coefficient (Wildman–Crippen LogP) is 4.54. The third-order valence-corrected chi connectivity index (χ3v) is 7.82. The molecule has 0 aromatic heterocycles. The van der Waals surface area contributed by atoms with Crippen LogP contribution in [-0.4, -0.2) is 59.8 Å². The molecular weight excluding hydrogens is 506 g/mol. The molecule has 8 heteroatoms. The number of nitrogens with one attached hydrogen (secondary N) is 2. The number of ether oxygens (including phenoxy) is 1. The minimum atomic E-state index is -1.24. The molecule has 3 N–H and O–H groups in total. The molecule has 1 saturated heterocycles. The van der Waals surface area contributed by atoms with Gasteiger partial charge in [0.1, 0.15) is 12.6 Å². The summed E-state index contributed by atoms with van der Waals surface area (Å²) in [5, 5.41) is 14.8. The molecule has 2 aliphatic rings. The molecule has 0 bridgehead atoms. The molecule has 1 aliphatic carbocycles. The van der Waals surface area contributed by atoms with E-state index in [2.05, 4.69) is 39.8 Å². The Morgan fingerprint density at radius 1 is 0.900 bits per heavy atom. The van der Waals surface area contributed by atoms with Crippen molar-refractivity contribution in [2.24, 2.45) is 0 Å². The molecule has 2 atom stereocenters. The maximum Gasteiger partial charge on any atom is 0.407 e. The fraction of sp³-hybridized carbons (Fsp3) is 0.344. The molecule has 0 radical (unpaired) electrons. The zero-order chi connectivity index (χ0) is 27.9. The van der Waals surface area contributed by atoms with Crippen molar-refractivity contribution in [2.45, 2.75) is 50.2 Å². The van der Waals surface area contributed by atoms with Gasteiger partial charge >= 0.3 is 12.1 Å². The normalized spacial score (nSPS) is 17.4. The average molecular weight is 542 g/mol. The van der Waals surface area contributed by atoms with Crippen LogP contribution >= 0.6 is 0 Å². The molecule has 8 nitrogen and oxygen atoms in total. The number of hydrogen-bond donors (Lipinski definition) is 3.